The van der Waals surface area contributed by atoms with Crippen LogP contribution in [0.4, 0.5) is 5.69 Å². The second kappa shape index (κ2) is 5.75. The molecule has 0 amide bonds. The predicted octanol–water partition coefficient (Wildman–Crippen LogP) is 3.83. The average Bonchev–Trinajstić information content (AvgIpc) is 2.45. The molecule has 0 atom stereocenters. The molecule has 3 heteroatoms. The van der Waals surface area contributed by atoms with Gasteiger partial charge < -0.3 is 9.64 Å². The number of ether oxygens (including phenoxy) is 1. The molecule has 3 nitrogen and oxygen atoms in total. The van der Waals surface area contributed by atoms with E-state index >= 15 is 0 Å². The van der Waals surface area contributed by atoms with Crippen molar-refractivity contribution in [2.45, 2.75) is 33.6 Å². The second-order valence-electron chi connectivity index (χ2n) is 6.62. The Morgan fingerprint density at radius 3 is 2.40 bits per heavy atom. The quantitative estimate of drug-likeness (QED) is 0.821. The third kappa shape index (κ3) is 3.07. The topological polar surface area (TPSA) is 36.3 Å². The van der Waals surface area contributed by atoms with Crippen molar-refractivity contribution in [1.29, 1.82) is 5.26 Å². The molecule has 0 unspecified atom stereocenters. The Morgan fingerprint density at radius 1 is 1.25 bits per heavy atom. The molecule has 2 rings (SSSR count). The Hall–Kier alpha value is -1.69. The van der Waals surface area contributed by atoms with Crippen molar-refractivity contribution < 1.29 is 4.74 Å². The number of anilines is 1. The van der Waals surface area contributed by atoms with E-state index in [-0.39, 0.29) is 0 Å². The molecule has 0 N–H and O–H groups in total. The zero-order valence-corrected chi connectivity index (χ0v) is 12.9. The van der Waals surface area contributed by atoms with E-state index < -0.39 is 0 Å². The van der Waals surface area contributed by atoms with Crippen molar-refractivity contribution in [1.82, 2.24) is 0 Å². The molecule has 108 valence electrons. The van der Waals surface area contributed by atoms with Crippen LogP contribution in [0.2, 0.25) is 0 Å². The lowest BCUT2D eigenvalue weighted by atomic mass is 9.75. The molecule has 0 saturated carbocycles. The maximum absolute atomic E-state index is 9.28. The number of piperidine rings is 1. The minimum Gasteiger partial charge on any atom is -0.497 e. The summed E-state index contributed by atoms with van der Waals surface area (Å²) < 4.78 is 5.28. The summed E-state index contributed by atoms with van der Waals surface area (Å²) >= 11 is 0. The first-order chi connectivity index (χ1) is 9.45. The number of nitrogens with zero attached hydrogens (tertiary/aromatic N) is 2. The van der Waals surface area contributed by atoms with Crippen molar-refractivity contribution in [3.05, 3.63) is 23.8 Å². The largest absolute Gasteiger partial charge is 0.497 e. The van der Waals surface area contributed by atoms with E-state index in [1.807, 2.05) is 18.2 Å². The molecule has 1 aromatic carbocycles. The van der Waals surface area contributed by atoms with Gasteiger partial charge in [0.1, 0.15) is 11.8 Å². The molecule has 1 saturated heterocycles. The molecule has 1 heterocycles. The first-order valence-corrected chi connectivity index (χ1v) is 7.29. The molecular weight excluding hydrogens is 248 g/mol. The number of rotatable bonds is 2. The van der Waals surface area contributed by atoms with Gasteiger partial charge in [-0.3, -0.25) is 0 Å². The van der Waals surface area contributed by atoms with Gasteiger partial charge in [0.15, 0.2) is 0 Å². The molecule has 0 radical (unpaired) electrons. The lowest BCUT2D eigenvalue weighted by Gasteiger charge is -2.40. The van der Waals surface area contributed by atoms with E-state index in [1.54, 1.807) is 7.11 Å². The van der Waals surface area contributed by atoms with Crippen molar-refractivity contribution in [2.75, 3.05) is 25.1 Å². The standard InChI is InChI=1S/C17H24N2O/c1-17(2,3)14-7-9-19(10-8-14)16-11-15(20-4)6-5-13(16)12-18/h5-6,11,14H,7-10H2,1-4H3. The van der Waals surface area contributed by atoms with Crippen LogP contribution in [0.15, 0.2) is 18.2 Å². The first-order valence-electron chi connectivity index (χ1n) is 7.29. The summed E-state index contributed by atoms with van der Waals surface area (Å²) in [4.78, 5) is 2.32. The van der Waals surface area contributed by atoms with Gasteiger partial charge in [-0.05, 0) is 36.3 Å². The van der Waals surface area contributed by atoms with Crippen molar-refractivity contribution in [3.63, 3.8) is 0 Å². The van der Waals surface area contributed by atoms with Gasteiger partial charge in [0, 0.05) is 19.2 Å². The minimum atomic E-state index is 0.374. The van der Waals surface area contributed by atoms with Crippen LogP contribution in [-0.4, -0.2) is 20.2 Å². The smallest absolute Gasteiger partial charge is 0.121 e. The Kier molecular flexibility index (Phi) is 4.23. The third-order valence-corrected chi connectivity index (χ3v) is 4.39. The second-order valence-corrected chi connectivity index (χ2v) is 6.62. The van der Waals surface area contributed by atoms with Crippen LogP contribution in [0.5, 0.6) is 5.75 Å². The maximum Gasteiger partial charge on any atom is 0.121 e. The highest BCUT2D eigenvalue weighted by atomic mass is 16.5. The van der Waals surface area contributed by atoms with E-state index in [4.69, 9.17) is 4.74 Å². The highest BCUT2D eigenvalue weighted by Gasteiger charge is 2.29. The fourth-order valence-electron chi connectivity index (χ4n) is 2.98. The van der Waals surface area contributed by atoms with Crippen LogP contribution in [0.25, 0.3) is 0 Å². The number of methoxy groups -OCH3 is 1. The Morgan fingerprint density at radius 2 is 1.90 bits per heavy atom. The van der Waals surface area contributed by atoms with Crippen LogP contribution in [0, 0.1) is 22.7 Å². The van der Waals surface area contributed by atoms with E-state index in [9.17, 15) is 5.26 Å². The number of hydrogen-bond donors (Lipinski definition) is 0. The highest BCUT2D eigenvalue weighted by molar-refractivity contribution is 5.62. The summed E-state index contributed by atoms with van der Waals surface area (Å²) in [7, 11) is 1.66. The van der Waals surface area contributed by atoms with Crippen LogP contribution < -0.4 is 9.64 Å². The Labute approximate surface area is 122 Å². The Balaban J connectivity index is 2.16. The van der Waals surface area contributed by atoms with Gasteiger partial charge in [-0.25, -0.2) is 0 Å². The van der Waals surface area contributed by atoms with Gasteiger partial charge in [0.25, 0.3) is 0 Å². The van der Waals surface area contributed by atoms with Crippen molar-refractivity contribution in [3.8, 4) is 11.8 Å². The van der Waals surface area contributed by atoms with Crippen molar-refractivity contribution >= 4 is 5.69 Å². The molecule has 1 aliphatic heterocycles. The van der Waals surface area contributed by atoms with Gasteiger partial charge in [-0.15, -0.1) is 0 Å². The maximum atomic E-state index is 9.28. The molecule has 20 heavy (non-hydrogen) atoms. The monoisotopic (exact) mass is 272 g/mol. The van der Waals surface area contributed by atoms with Crippen LogP contribution >= 0.6 is 0 Å². The number of nitriles is 1. The van der Waals surface area contributed by atoms with Gasteiger partial charge >= 0.3 is 0 Å². The fourth-order valence-corrected chi connectivity index (χ4v) is 2.98. The molecule has 1 aromatic rings. The molecule has 0 bridgehead atoms. The molecule has 1 fully saturated rings. The lowest BCUT2D eigenvalue weighted by Crippen LogP contribution is -2.38. The first kappa shape index (κ1) is 14.7. The summed E-state index contributed by atoms with van der Waals surface area (Å²) in [5.41, 5.74) is 2.12. The Bertz CT molecular complexity index is 503. The summed E-state index contributed by atoms with van der Waals surface area (Å²) in [6.07, 6.45) is 2.37. The zero-order chi connectivity index (χ0) is 14.8. The molecule has 0 aliphatic carbocycles. The van der Waals surface area contributed by atoms with Crippen molar-refractivity contribution in [2.24, 2.45) is 11.3 Å². The molecule has 1 aliphatic rings. The van der Waals surface area contributed by atoms with E-state index in [2.05, 4.69) is 31.7 Å². The molecular formula is C17H24N2O. The van der Waals surface area contributed by atoms with Gasteiger partial charge in [-0.2, -0.15) is 5.26 Å². The van der Waals surface area contributed by atoms with Gasteiger partial charge in [0.2, 0.25) is 0 Å². The highest BCUT2D eigenvalue weighted by Crippen LogP contribution is 2.36. The number of benzene rings is 1. The summed E-state index contributed by atoms with van der Waals surface area (Å²) in [6.45, 7) is 8.99. The predicted molar refractivity (Wildman–Crippen MR) is 82.1 cm³/mol. The SMILES string of the molecule is COc1ccc(C#N)c(N2CCC(C(C)(C)C)CC2)c1. The molecule has 0 aromatic heterocycles. The minimum absolute atomic E-state index is 0.374. The van der Waals surface area contributed by atoms with Crippen LogP contribution in [0.3, 0.4) is 0 Å². The molecule has 0 spiro atoms. The van der Waals surface area contributed by atoms with E-state index in [0.29, 0.717) is 5.41 Å². The normalized spacial score (nSPS) is 16.9. The average molecular weight is 272 g/mol. The summed E-state index contributed by atoms with van der Waals surface area (Å²) in [5.74, 6) is 1.58. The third-order valence-electron chi connectivity index (χ3n) is 4.39. The van der Waals surface area contributed by atoms with Gasteiger partial charge in [0.05, 0.1) is 18.4 Å². The fraction of sp³-hybridized carbons (Fsp3) is 0.588. The van der Waals surface area contributed by atoms with E-state index in [1.165, 1.54) is 12.8 Å². The van der Waals surface area contributed by atoms with E-state index in [0.717, 1.165) is 36.0 Å². The zero-order valence-electron chi connectivity index (χ0n) is 12.9. The van der Waals surface area contributed by atoms with Crippen LogP contribution in [0.1, 0.15) is 39.2 Å². The summed E-state index contributed by atoms with van der Waals surface area (Å²) in [5, 5.41) is 9.28. The number of hydrogen-bond acceptors (Lipinski definition) is 3. The van der Waals surface area contributed by atoms with Gasteiger partial charge in [-0.1, -0.05) is 20.8 Å². The van der Waals surface area contributed by atoms with Crippen LogP contribution in [-0.2, 0) is 0 Å². The lowest BCUT2D eigenvalue weighted by molar-refractivity contribution is 0.199. The summed E-state index contributed by atoms with van der Waals surface area (Å²) in [6, 6.07) is 7.97.